The third-order valence-corrected chi connectivity index (χ3v) is 6.46. The van der Waals surface area contributed by atoms with Crippen molar-refractivity contribution in [1.29, 1.82) is 0 Å². The molecule has 0 aliphatic carbocycles. The van der Waals surface area contributed by atoms with E-state index in [0.717, 1.165) is 16.5 Å². The zero-order chi connectivity index (χ0) is 26.6. The second-order valence-corrected chi connectivity index (χ2v) is 9.21. The lowest BCUT2D eigenvalue weighted by Gasteiger charge is -2.29. The Labute approximate surface area is 208 Å². The van der Waals surface area contributed by atoms with Gasteiger partial charge < -0.3 is 42.2 Å². The van der Waals surface area contributed by atoms with Crippen LogP contribution in [0.3, 0.4) is 0 Å². The van der Waals surface area contributed by atoms with Gasteiger partial charge in [-0.25, -0.2) is 0 Å². The summed E-state index contributed by atoms with van der Waals surface area (Å²) in [6.45, 7) is 3.01. The molecule has 2 unspecified atom stereocenters. The number of aromatic nitrogens is 1. The first-order valence-electron chi connectivity index (χ1n) is 11.9. The number of aromatic amines is 1. The summed E-state index contributed by atoms with van der Waals surface area (Å²) >= 11 is 0. The number of amides is 4. The molecule has 36 heavy (non-hydrogen) atoms. The SMILES string of the molecule is C[C@@H](O)[C@H](N)C(=O)N1CCCC1C(=O)NC(Cc1c[nH]c2ccccc12)C(=O)N[C@H](C(N)=O)[C@@H](C)O. The smallest absolute Gasteiger partial charge is 0.243 e. The summed E-state index contributed by atoms with van der Waals surface area (Å²) in [4.78, 5) is 55.4. The molecule has 1 aliphatic rings. The summed E-state index contributed by atoms with van der Waals surface area (Å²) in [7, 11) is 0. The number of aliphatic hydroxyl groups excluding tert-OH is 2. The summed E-state index contributed by atoms with van der Waals surface area (Å²) in [5.74, 6) is -2.75. The molecule has 0 saturated carbocycles. The molecular formula is C24H34N6O6. The van der Waals surface area contributed by atoms with Crippen molar-refractivity contribution in [3.05, 3.63) is 36.0 Å². The van der Waals surface area contributed by atoms with Crippen LogP contribution in [0.15, 0.2) is 30.5 Å². The van der Waals surface area contributed by atoms with E-state index >= 15 is 0 Å². The zero-order valence-corrected chi connectivity index (χ0v) is 20.3. The minimum absolute atomic E-state index is 0.0702. The average Bonchev–Trinajstić information content (AvgIpc) is 3.48. The van der Waals surface area contributed by atoms with Crippen molar-refractivity contribution in [1.82, 2.24) is 20.5 Å². The molecule has 1 aromatic heterocycles. The Hall–Kier alpha value is -3.48. The number of carbonyl (C=O) groups excluding carboxylic acids is 4. The molecule has 2 heterocycles. The molecular weight excluding hydrogens is 468 g/mol. The van der Waals surface area contributed by atoms with Gasteiger partial charge in [-0.05, 0) is 38.3 Å². The Bertz CT molecular complexity index is 1120. The van der Waals surface area contributed by atoms with Crippen LogP contribution in [0, 0.1) is 0 Å². The van der Waals surface area contributed by atoms with Gasteiger partial charge in [0.15, 0.2) is 0 Å². The first kappa shape index (κ1) is 27.1. The predicted octanol–water partition coefficient (Wildman–Crippen LogP) is -1.75. The van der Waals surface area contributed by atoms with Crippen LogP contribution < -0.4 is 22.1 Å². The maximum absolute atomic E-state index is 13.3. The number of para-hydroxylation sites is 1. The van der Waals surface area contributed by atoms with Gasteiger partial charge in [-0.1, -0.05) is 18.2 Å². The Morgan fingerprint density at radius 1 is 1.14 bits per heavy atom. The zero-order valence-electron chi connectivity index (χ0n) is 20.3. The normalized spacial score (nSPS) is 19.8. The van der Waals surface area contributed by atoms with Crippen molar-refractivity contribution in [3.8, 4) is 0 Å². The first-order chi connectivity index (χ1) is 17.0. The van der Waals surface area contributed by atoms with Crippen molar-refractivity contribution < 1.29 is 29.4 Å². The van der Waals surface area contributed by atoms with Crippen LogP contribution in [0.1, 0.15) is 32.3 Å². The molecule has 4 amide bonds. The molecule has 0 bridgehead atoms. The summed E-state index contributed by atoms with van der Waals surface area (Å²) in [5.41, 5.74) is 12.7. The van der Waals surface area contributed by atoms with Crippen molar-refractivity contribution in [3.63, 3.8) is 0 Å². The molecule has 12 nitrogen and oxygen atoms in total. The number of nitrogens with one attached hydrogen (secondary N) is 3. The number of nitrogens with zero attached hydrogens (tertiary/aromatic N) is 1. The number of benzene rings is 1. The van der Waals surface area contributed by atoms with Crippen LogP contribution in [0.25, 0.3) is 10.9 Å². The van der Waals surface area contributed by atoms with Gasteiger partial charge in [0, 0.05) is 30.1 Å². The van der Waals surface area contributed by atoms with Crippen molar-refractivity contribution >= 4 is 34.5 Å². The second kappa shape index (κ2) is 11.5. The Balaban J connectivity index is 1.84. The van der Waals surface area contributed by atoms with Gasteiger partial charge >= 0.3 is 0 Å². The van der Waals surface area contributed by atoms with E-state index < -0.39 is 60.0 Å². The molecule has 9 N–H and O–H groups in total. The lowest BCUT2D eigenvalue weighted by Crippen LogP contribution is -2.59. The molecule has 1 saturated heterocycles. The lowest BCUT2D eigenvalue weighted by atomic mass is 10.0. The number of H-pyrrole nitrogens is 1. The second-order valence-electron chi connectivity index (χ2n) is 9.21. The number of nitrogens with two attached hydrogens (primary N) is 2. The van der Waals surface area contributed by atoms with E-state index in [2.05, 4.69) is 15.6 Å². The quantitative estimate of drug-likeness (QED) is 0.199. The largest absolute Gasteiger partial charge is 0.391 e. The third-order valence-electron chi connectivity index (χ3n) is 6.46. The fourth-order valence-electron chi connectivity index (χ4n) is 4.38. The van der Waals surface area contributed by atoms with Crippen molar-refractivity contribution in [2.75, 3.05) is 6.54 Å². The summed E-state index contributed by atoms with van der Waals surface area (Å²) < 4.78 is 0. The summed E-state index contributed by atoms with van der Waals surface area (Å²) in [6, 6.07) is 2.91. The van der Waals surface area contributed by atoms with E-state index in [1.807, 2.05) is 24.3 Å². The van der Waals surface area contributed by atoms with E-state index in [4.69, 9.17) is 11.5 Å². The fraction of sp³-hybridized carbons (Fsp3) is 0.500. The number of carbonyl (C=O) groups is 4. The number of hydrogen-bond acceptors (Lipinski definition) is 7. The standard InChI is InChI=1S/C24H34N6O6/c1-12(31)19(25)24(36)30-9-5-8-18(30)23(35)28-17(22(34)29-20(13(2)32)21(26)33)10-14-11-27-16-7-4-3-6-15(14)16/h3-4,6-7,11-13,17-20,27,31-32H,5,8-10,25H2,1-2H3,(H2,26,33)(H,28,35)(H,29,34)/t12-,13-,17?,18?,19+,20+/m1/s1. The van der Waals surface area contributed by atoms with E-state index in [9.17, 15) is 29.4 Å². The van der Waals surface area contributed by atoms with Crippen LogP contribution >= 0.6 is 0 Å². The van der Waals surface area contributed by atoms with Crippen LogP contribution in [-0.2, 0) is 25.6 Å². The molecule has 3 rings (SSSR count). The summed E-state index contributed by atoms with van der Waals surface area (Å²) in [6.07, 6.45) is 0.379. The maximum Gasteiger partial charge on any atom is 0.243 e. The molecule has 1 aliphatic heterocycles. The number of hydrogen-bond donors (Lipinski definition) is 7. The molecule has 0 radical (unpaired) electrons. The average molecular weight is 503 g/mol. The Kier molecular flexibility index (Phi) is 8.66. The number of primary amides is 1. The number of aliphatic hydroxyl groups is 2. The topological polar surface area (TPSA) is 204 Å². The number of likely N-dealkylation sites (tertiary alicyclic amines) is 1. The van der Waals surface area contributed by atoms with Crippen LogP contribution in [0.2, 0.25) is 0 Å². The fourth-order valence-corrected chi connectivity index (χ4v) is 4.38. The van der Waals surface area contributed by atoms with Crippen LogP contribution in [0.5, 0.6) is 0 Å². The van der Waals surface area contributed by atoms with Crippen molar-refractivity contribution in [2.24, 2.45) is 11.5 Å². The lowest BCUT2D eigenvalue weighted by molar-refractivity contribution is -0.142. The van der Waals surface area contributed by atoms with Gasteiger partial charge in [0.1, 0.15) is 24.2 Å². The number of fused-ring (bicyclic) bond motifs is 1. The molecule has 196 valence electrons. The minimum Gasteiger partial charge on any atom is -0.391 e. The molecule has 0 spiro atoms. The predicted molar refractivity (Wildman–Crippen MR) is 131 cm³/mol. The summed E-state index contributed by atoms with van der Waals surface area (Å²) in [5, 5.41) is 25.6. The van der Waals surface area contributed by atoms with E-state index in [1.165, 1.54) is 18.7 Å². The number of rotatable bonds is 10. The highest BCUT2D eigenvalue weighted by atomic mass is 16.3. The van der Waals surface area contributed by atoms with E-state index in [-0.39, 0.29) is 6.42 Å². The molecule has 6 atom stereocenters. The molecule has 1 aromatic carbocycles. The van der Waals surface area contributed by atoms with Gasteiger partial charge in [-0.2, -0.15) is 0 Å². The van der Waals surface area contributed by atoms with Gasteiger partial charge in [0.2, 0.25) is 23.6 Å². The minimum atomic E-state index is -1.35. The monoisotopic (exact) mass is 502 g/mol. The Morgan fingerprint density at radius 3 is 2.47 bits per heavy atom. The highest BCUT2D eigenvalue weighted by Crippen LogP contribution is 2.21. The maximum atomic E-state index is 13.3. The van der Waals surface area contributed by atoms with E-state index in [0.29, 0.717) is 19.4 Å². The van der Waals surface area contributed by atoms with Crippen LogP contribution in [-0.4, -0.2) is 86.6 Å². The van der Waals surface area contributed by atoms with Gasteiger partial charge in [-0.15, -0.1) is 0 Å². The van der Waals surface area contributed by atoms with Gasteiger partial charge in [0.05, 0.1) is 12.2 Å². The first-order valence-corrected chi connectivity index (χ1v) is 11.9. The molecule has 12 heteroatoms. The van der Waals surface area contributed by atoms with Crippen molar-refractivity contribution in [2.45, 2.75) is 69.5 Å². The van der Waals surface area contributed by atoms with Gasteiger partial charge in [0.25, 0.3) is 0 Å². The molecule has 1 fully saturated rings. The highest BCUT2D eigenvalue weighted by molar-refractivity contribution is 5.95. The highest BCUT2D eigenvalue weighted by Gasteiger charge is 2.39. The van der Waals surface area contributed by atoms with Gasteiger partial charge in [-0.3, -0.25) is 19.2 Å². The van der Waals surface area contributed by atoms with Crippen LogP contribution in [0.4, 0.5) is 0 Å². The van der Waals surface area contributed by atoms with E-state index in [1.54, 1.807) is 6.20 Å². The third kappa shape index (κ3) is 6.01. The molecule has 2 aromatic rings. The Morgan fingerprint density at radius 2 is 1.83 bits per heavy atom.